The summed E-state index contributed by atoms with van der Waals surface area (Å²) in [6.45, 7) is 7.12. The number of benzene rings is 2. The molecule has 33 heavy (non-hydrogen) atoms. The average Bonchev–Trinajstić information content (AvgIpc) is 2.79. The molecule has 170 valence electrons. The minimum Gasteiger partial charge on any atom is -0.370 e. The van der Waals surface area contributed by atoms with Gasteiger partial charge in [0.1, 0.15) is 12.3 Å². The molecule has 2 atom stereocenters. The van der Waals surface area contributed by atoms with E-state index < -0.39 is 29.6 Å². The van der Waals surface area contributed by atoms with Crippen LogP contribution in [-0.4, -0.2) is 41.1 Å². The molecule has 0 saturated heterocycles. The Morgan fingerprint density at radius 3 is 1.94 bits per heavy atom. The van der Waals surface area contributed by atoms with E-state index in [2.05, 4.69) is 29.0 Å². The van der Waals surface area contributed by atoms with Crippen molar-refractivity contribution in [2.75, 3.05) is 0 Å². The third kappa shape index (κ3) is 8.27. The van der Waals surface area contributed by atoms with E-state index in [1.165, 1.54) is 0 Å². The number of carbonyl (C=O) groups is 3. The summed E-state index contributed by atoms with van der Waals surface area (Å²) >= 11 is 0. The van der Waals surface area contributed by atoms with E-state index in [1.54, 1.807) is 60.9 Å². The van der Waals surface area contributed by atoms with Gasteiger partial charge in [-0.1, -0.05) is 24.0 Å². The lowest BCUT2D eigenvalue weighted by molar-refractivity contribution is -0.138. The molecule has 0 heterocycles. The fraction of sp³-hybridized carbons (Fsp3) is 0.269. The van der Waals surface area contributed by atoms with Gasteiger partial charge in [0.05, 0.1) is 11.7 Å². The maximum atomic E-state index is 12.6. The minimum atomic E-state index is -1.09. The molecule has 7 nitrogen and oxygen atoms in total. The van der Waals surface area contributed by atoms with Gasteiger partial charge in [-0.2, -0.15) is 0 Å². The van der Waals surface area contributed by atoms with E-state index in [-0.39, 0.29) is 0 Å². The molecule has 0 bridgehead atoms. The van der Waals surface area contributed by atoms with Crippen molar-refractivity contribution in [3.05, 3.63) is 70.8 Å². The third-order valence-electron chi connectivity index (χ3n) is 4.36. The number of ether oxygens (including phenoxy) is 1. The molecule has 0 aliphatic rings. The monoisotopic (exact) mass is 446 g/mol. The number of carbonyl (C=O) groups excluding carboxylic acids is 3. The molecule has 2 aromatic carbocycles. The van der Waals surface area contributed by atoms with Gasteiger partial charge in [-0.25, -0.2) is 5.48 Å². The van der Waals surface area contributed by atoms with E-state index in [0.717, 1.165) is 11.8 Å². The van der Waals surface area contributed by atoms with Crippen LogP contribution in [0.15, 0.2) is 48.5 Å². The SMILES string of the molecule is CC(OC(C)(C)C)C(NC(=O)c1ccc(C#CC#Cc2ccc(C=O)cc2)cc1)C(=O)NO. The highest BCUT2D eigenvalue weighted by Crippen LogP contribution is 2.14. The summed E-state index contributed by atoms with van der Waals surface area (Å²) in [6.07, 6.45) is 0.0855. The van der Waals surface area contributed by atoms with Crippen LogP contribution in [0.2, 0.25) is 0 Å². The molecule has 0 radical (unpaired) electrons. The molecule has 0 aromatic heterocycles. The van der Waals surface area contributed by atoms with Crippen molar-refractivity contribution in [3.8, 4) is 23.7 Å². The van der Waals surface area contributed by atoms with Gasteiger partial charge in [0.2, 0.25) is 0 Å². The zero-order chi connectivity index (χ0) is 24.4. The number of rotatable bonds is 6. The van der Waals surface area contributed by atoms with Gasteiger partial charge in [-0.05, 0) is 75.9 Å². The first-order chi connectivity index (χ1) is 15.6. The van der Waals surface area contributed by atoms with Crippen LogP contribution >= 0.6 is 0 Å². The molecule has 0 spiro atoms. The molecule has 3 N–H and O–H groups in total. The van der Waals surface area contributed by atoms with E-state index in [1.807, 2.05) is 20.8 Å². The Bertz CT molecular complexity index is 1110. The van der Waals surface area contributed by atoms with Crippen LogP contribution in [-0.2, 0) is 9.53 Å². The predicted octanol–water partition coefficient (Wildman–Crippen LogP) is 2.71. The number of hydrogen-bond donors (Lipinski definition) is 3. The molecule has 0 fully saturated rings. The standard InChI is InChI=1S/C26H26N2O5/c1-18(33-26(2,3)4)23(25(31)28-32)27-24(30)22-15-13-20(14-16-22)8-6-5-7-19-9-11-21(17-29)12-10-19/h9-18,23,32H,1-4H3,(H,27,30)(H,28,31). The topological polar surface area (TPSA) is 105 Å². The van der Waals surface area contributed by atoms with Gasteiger partial charge in [-0.15, -0.1) is 0 Å². The van der Waals surface area contributed by atoms with E-state index in [0.29, 0.717) is 16.7 Å². The van der Waals surface area contributed by atoms with Crippen LogP contribution in [0.3, 0.4) is 0 Å². The average molecular weight is 447 g/mol. The second-order valence-electron chi connectivity index (χ2n) is 8.18. The molecule has 0 aliphatic heterocycles. The predicted molar refractivity (Wildman–Crippen MR) is 124 cm³/mol. The van der Waals surface area contributed by atoms with Gasteiger partial charge < -0.3 is 10.1 Å². The Morgan fingerprint density at radius 2 is 1.48 bits per heavy atom. The maximum Gasteiger partial charge on any atom is 0.268 e. The molecule has 2 unspecified atom stereocenters. The van der Waals surface area contributed by atoms with Crippen LogP contribution in [0.5, 0.6) is 0 Å². The third-order valence-corrected chi connectivity index (χ3v) is 4.36. The van der Waals surface area contributed by atoms with Crippen molar-refractivity contribution in [2.45, 2.75) is 45.4 Å². The summed E-state index contributed by atoms with van der Waals surface area (Å²) in [5.74, 6) is 9.98. The highest BCUT2D eigenvalue weighted by atomic mass is 16.5. The van der Waals surface area contributed by atoms with E-state index in [9.17, 15) is 14.4 Å². The number of hydroxylamine groups is 1. The van der Waals surface area contributed by atoms with Crippen molar-refractivity contribution in [1.82, 2.24) is 10.8 Å². The molecular formula is C26H26N2O5. The fourth-order valence-corrected chi connectivity index (χ4v) is 2.87. The Kier molecular flexibility index (Phi) is 8.94. The largest absolute Gasteiger partial charge is 0.370 e. The Balaban J connectivity index is 2.05. The zero-order valence-corrected chi connectivity index (χ0v) is 18.9. The summed E-state index contributed by atoms with van der Waals surface area (Å²) in [5.41, 5.74) is 3.32. The number of amides is 2. The first-order valence-electron chi connectivity index (χ1n) is 10.2. The van der Waals surface area contributed by atoms with Gasteiger partial charge >= 0.3 is 0 Å². The summed E-state index contributed by atoms with van der Waals surface area (Å²) in [6, 6.07) is 12.2. The fourth-order valence-electron chi connectivity index (χ4n) is 2.87. The van der Waals surface area contributed by atoms with Crippen LogP contribution in [0.4, 0.5) is 0 Å². The van der Waals surface area contributed by atoms with Crippen LogP contribution in [0.1, 0.15) is 59.5 Å². The Morgan fingerprint density at radius 1 is 0.970 bits per heavy atom. The van der Waals surface area contributed by atoms with Crippen molar-refractivity contribution >= 4 is 18.1 Å². The van der Waals surface area contributed by atoms with Crippen molar-refractivity contribution in [2.24, 2.45) is 0 Å². The number of nitrogens with one attached hydrogen (secondary N) is 2. The first kappa shape index (κ1) is 25.4. The van der Waals surface area contributed by atoms with Gasteiger partial charge in [-0.3, -0.25) is 19.6 Å². The molecule has 2 aromatic rings. The van der Waals surface area contributed by atoms with Gasteiger partial charge in [0, 0.05) is 22.3 Å². The summed E-state index contributed by atoms with van der Waals surface area (Å²) < 4.78 is 5.74. The van der Waals surface area contributed by atoms with Crippen molar-refractivity contribution < 1.29 is 24.3 Å². The summed E-state index contributed by atoms with van der Waals surface area (Å²) in [5, 5.41) is 11.6. The highest BCUT2D eigenvalue weighted by molar-refractivity contribution is 5.97. The normalized spacial score (nSPS) is 12.2. The molecule has 2 rings (SSSR count). The summed E-state index contributed by atoms with van der Waals surface area (Å²) in [7, 11) is 0. The second kappa shape index (κ2) is 11.6. The minimum absolute atomic E-state index is 0.320. The van der Waals surface area contributed by atoms with Gasteiger partial charge in [0.15, 0.2) is 0 Å². The molecule has 7 heteroatoms. The van der Waals surface area contributed by atoms with E-state index in [4.69, 9.17) is 9.94 Å². The van der Waals surface area contributed by atoms with Crippen LogP contribution < -0.4 is 10.8 Å². The quantitative estimate of drug-likeness (QED) is 0.274. The lowest BCUT2D eigenvalue weighted by Crippen LogP contribution is -2.53. The van der Waals surface area contributed by atoms with Crippen LogP contribution in [0, 0.1) is 23.7 Å². The maximum absolute atomic E-state index is 12.6. The highest BCUT2D eigenvalue weighted by Gasteiger charge is 2.30. The van der Waals surface area contributed by atoms with Crippen LogP contribution in [0.25, 0.3) is 0 Å². The second-order valence-corrected chi connectivity index (χ2v) is 8.18. The number of aldehydes is 1. The lowest BCUT2D eigenvalue weighted by Gasteiger charge is -2.30. The summed E-state index contributed by atoms with van der Waals surface area (Å²) in [4.78, 5) is 35.3. The van der Waals surface area contributed by atoms with E-state index >= 15 is 0 Å². The molecular weight excluding hydrogens is 420 g/mol. The smallest absolute Gasteiger partial charge is 0.268 e. The zero-order valence-electron chi connectivity index (χ0n) is 18.9. The molecule has 0 aliphatic carbocycles. The lowest BCUT2D eigenvalue weighted by atomic mass is 10.1. The van der Waals surface area contributed by atoms with Gasteiger partial charge in [0.25, 0.3) is 11.8 Å². The Hall–Kier alpha value is -3.91. The first-order valence-corrected chi connectivity index (χ1v) is 10.2. The van der Waals surface area contributed by atoms with Crippen molar-refractivity contribution in [1.29, 1.82) is 0 Å². The van der Waals surface area contributed by atoms with Crippen molar-refractivity contribution in [3.63, 3.8) is 0 Å². The Labute approximate surface area is 193 Å². The molecule has 0 saturated carbocycles. The number of hydrogen-bond acceptors (Lipinski definition) is 5. The molecule has 2 amide bonds.